The van der Waals surface area contributed by atoms with Crippen molar-refractivity contribution in [1.29, 1.82) is 0 Å². The molecule has 3 aliphatic heterocycles. The first kappa shape index (κ1) is 21.9. The second-order valence-electron chi connectivity index (χ2n) is 8.68. The SMILES string of the molecule is O=C1CCCN1CCCN1C[C@@H](C(=O)N2CCN(c3ccccc3Cl)CC2)CCC1=O. The van der Waals surface area contributed by atoms with E-state index in [2.05, 4.69) is 4.90 Å². The molecule has 0 aliphatic carbocycles. The summed E-state index contributed by atoms with van der Waals surface area (Å²) in [5.74, 6) is 0.373. The van der Waals surface area contributed by atoms with Gasteiger partial charge >= 0.3 is 0 Å². The van der Waals surface area contributed by atoms with Gasteiger partial charge in [-0.2, -0.15) is 0 Å². The summed E-state index contributed by atoms with van der Waals surface area (Å²) < 4.78 is 0. The lowest BCUT2D eigenvalue weighted by Crippen LogP contribution is -2.53. The second kappa shape index (κ2) is 9.90. The number of piperazine rings is 1. The van der Waals surface area contributed by atoms with Crippen molar-refractivity contribution in [2.75, 3.05) is 57.3 Å². The summed E-state index contributed by atoms with van der Waals surface area (Å²) in [4.78, 5) is 45.1. The Kier molecular flexibility index (Phi) is 7.00. The van der Waals surface area contributed by atoms with Gasteiger partial charge in [0, 0.05) is 65.2 Å². The molecular formula is C23H31ClN4O3. The average molecular weight is 447 g/mol. The smallest absolute Gasteiger partial charge is 0.227 e. The average Bonchev–Trinajstić information content (AvgIpc) is 3.20. The lowest BCUT2D eigenvalue weighted by Gasteiger charge is -2.40. The van der Waals surface area contributed by atoms with Crippen LogP contribution in [-0.4, -0.2) is 84.8 Å². The molecule has 4 rings (SSSR count). The fourth-order valence-electron chi connectivity index (χ4n) is 4.86. The van der Waals surface area contributed by atoms with Crippen molar-refractivity contribution in [2.24, 2.45) is 5.92 Å². The maximum atomic E-state index is 13.1. The molecule has 0 spiro atoms. The number of carbonyl (C=O) groups is 3. The van der Waals surface area contributed by atoms with E-state index in [1.807, 2.05) is 39.0 Å². The molecule has 31 heavy (non-hydrogen) atoms. The quantitative estimate of drug-likeness (QED) is 0.672. The van der Waals surface area contributed by atoms with Gasteiger partial charge in [0.1, 0.15) is 0 Å². The molecule has 1 atom stereocenters. The number of para-hydroxylation sites is 1. The second-order valence-corrected chi connectivity index (χ2v) is 9.08. The van der Waals surface area contributed by atoms with Crippen LogP contribution in [-0.2, 0) is 14.4 Å². The number of anilines is 1. The van der Waals surface area contributed by atoms with E-state index in [0.717, 1.165) is 43.2 Å². The first-order valence-electron chi connectivity index (χ1n) is 11.4. The van der Waals surface area contributed by atoms with Crippen LogP contribution in [0.2, 0.25) is 5.02 Å². The van der Waals surface area contributed by atoms with Crippen LogP contribution in [0.15, 0.2) is 24.3 Å². The Balaban J connectivity index is 1.26. The summed E-state index contributed by atoms with van der Waals surface area (Å²) in [6.45, 7) is 5.50. The molecule has 7 nitrogen and oxygen atoms in total. The summed E-state index contributed by atoms with van der Waals surface area (Å²) >= 11 is 6.32. The van der Waals surface area contributed by atoms with E-state index >= 15 is 0 Å². The molecule has 3 aliphatic rings. The van der Waals surface area contributed by atoms with Crippen LogP contribution < -0.4 is 4.90 Å². The Morgan fingerprint density at radius 2 is 1.65 bits per heavy atom. The fourth-order valence-corrected chi connectivity index (χ4v) is 5.11. The monoisotopic (exact) mass is 446 g/mol. The summed E-state index contributed by atoms with van der Waals surface area (Å²) in [6.07, 6.45) is 3.40. The number of likely N-dealkylation sites (tertiary alicyclic amines) is 2. The number of piperidine rings is 1. The van der Waals surface area contributed by atoms with Crippen molar-refractivity contribution in [3.8, 4) is 0 Å². The molecule has 0 bridgehead atoms. The standard InChI is InChI=1S/C23H31ClN4O3/c24-19-5-1-2-6-20(19)25-13-15-27(16-14-25)23(31)18-8-9-22(30)28(17-18)12-4-11-26-10-3-7-21(26)29/h1-2,5-6,18H,3-4,7-17H2/t18-/m0/s1. The number of carbonyl (C=O) groups excluding carboxylic acids is 3. The highest BCUT2D eigenvalue weighted by atomic mass is 35.5. The Bertz CT molecular complexity index is 825. The first-order valence-corrected chi connectivity index (χ1v) is 11.7. The molecule has 0 aromatic heterocycles. The first-order chi connectivity index (χ1) is 15.0. The zero-order chi connectivity index (χ0) is 21.8. The molecule has 168 valence electrons. The number of benzene rings is 1. The van der Waals surface area contributed by atoms with Gasteiger partial charge in [-0.3, -0.25) is 14.4 Å². The molecule has 3 heterocycles. The van der Waals surface area contributed by atoms with E-state index in [0.29, 0.717) is 52.0 Å². The Morgan fingerprint density at radius 1 is 0.935 bits per heavy atom. The van der Waals surface area contributed by atoms with Crippen LogP contribution in [0.1, 0.15) is 32.1 Å². The highest BCUT2D eigenvalue weighted by Gasteiger charge is 2.34. The molecule has 0 saturated carbocycles. The predicted molar refractivity (Wildman–Crippen MR) is 120 cm³/mol. The van der Waals surface area contributed by atoms with Crippen molar-refractivity contribution in [1.82, 2.24) is 14.7 Å². The van der Waals surface area contributed by atoms with E-state index < -0.39 is 0 Å². The van der Waals surface area contributed by atoms with E-state index in [1.54, 1.807) is 0 Å². The third-order valence-corrected chi connectivity index (χ3v) is 6.98. The number of hydrogen-bond acceptors (Lipinski definition) is 4. The molecule has 8 heteroatoms. The Hall–Kier alpha value is -2.28. The zero-order valence-electron chi connectivity index (χ0n) is 18.0. The van der Waals surface area contributed by atoms with E-state index in [4.69, 9.17) is 11.6 Å². The summed E-state index contributed by atoms with van der Waals surface area (Å²) in [5.41, 5.74) is 1.02. The topological polar surface area (TPSA) is 64.2 Å². The number of halogens is 1. The van der Waals surface area contributed by atoms with Crippen molar-refractivity contribution in [3.05, 3.63) is 29.3 Å². The number of rotatable bonds is 6. The fraction of sp³-hybridized carbons (Fsp3) is 0.609. The lowest BCUT2D eigenvalue weighted by molar-refractivity contribution is -0.143. The maximum Gasteiger partial charge on any atom is 0.227 e. The molecule has 3 saturated heterocycles. The van der Waals surface area contributed by atoms with Gasteiger partial charge < -0.3 is 19.6 Å². The van der Waals surface area contributed by atoms with Crippen LogP contribution in [0.25, 0.3) is 0 Å². The third-order valence-electron chi connectivity index (χ3n) is 6.66. The minimum atomic E-state index is -0.127. The highest BCUT2D eigenvalue weighted by molar-refractivity contribution is 6.33. The van der Waals surface area contributed by atoms with Crippen LogP contribution in [0.4, 0.5) is 5.69 Å². The summed E-state index contributed by atoms with van der Waals surface area (Å²) in [5, 5.41) is 0.736. The van der Waals surface area contributed by atoms with Gasteiger partial charge in [0.15, 0.2) is 0 Å². The Morgan fingerprint density at radius 3 is 2.35 bits per heavy atom. The van der Waals surface area contributed by atoms with E-state index in [-0.39, 0.29) is 23.6 Å². The molecule has 3 fully saturated rings. The summed E-state index contributed by atoms with van der Waals surface area (Å²) in [7, 11) is 0. The van der Waals surface area contributed by atoms with Gasteiger partial charge in [0.2, 0.25) is 17.7 Å². The van der Waals surface area contributed by atoms with Gasteiger partial charge in [0.25, 0.3) is 0 Å². The minimum absolute atomic E-state index is 0.125. The zero-order valence-corrected chi connectivity index (χ0v) is 18.7. The van der Waals surface area contributed by atoms with E-state index in [9.17, 15) is 14.4 Å². The summed E-state index contributed by atoms with van der Waals surface area (Å²) in [6, 6.07) is 7.80. The van der Waals surface area contributed by atoms with Gasteiger partial charge in [-0.25, -0.2) is 0 Å². The van der Waals surface area contributed by atoms with Crippen LogP contribution in [0.5, 0.6) is 0 Å². The molecular weight excluding hydrogens is 416 g/mol. The Labute approximate surface area is 188 Å². The van der Waals surface area contributed by atoms with Crippen molar-refractivity contribution >= 4 is 35.0 Å². The molecule has 0 N–H and O–H groups in total. The molecule has 3 amide bonds. The molecule has 0 radical (unpaired) electrons. The largest absolute Gasteiger partial charge is 0.367 e. The normalized spacial score (nSPS) is 22.4. The van der Waals surface area contributed by atoms with Crippen LogP contribution >= 0.6 is 11.6 Å². The number of amides is 3. The highest BCUT2D eigenvalue weighted by Crippen LogP contribution is 2.27. The van der Waals surface area contributed by atoms with E-state index in [1.165, 1.54) is 0 Å². The number of hydrogen-bond donors (Lipinski definition) is 0. The minimum Gasteiger partial charge on any atom is -0.367 e. The third kappa shape index (κ3) is 5.14. The van der Waals surface area contributed by atoms with Crippen LogP contribution in [0, 0.1) is 5.92 Å². The number of nitrogens with zero attached hydrogens (tertiary/aromatic N) is 4. The molecule has 1 aromatic rings. The van der Waals surface area contributed by atoms with Gasteiger partial charge in [-0.1, -0.05) is 23.7 Å². The maximum absolute atomic E-state index is 13.1. The van der Waals surface area contributed by atoms with Crippen molar-refractivity contribution in [3.63, 3.8) is 0 Å². The van der Waals surface area contributed by atoms with Crippen molar-refractivity contribution in [2.45, 2.75) is 32.1 Å². The van der Waals surface area contributed by atoms with Crippen LogP contribution in [0.3, 0.4) is 0 Å². The van der Waals surface area contributed by atoms with Gasteiger partial charge in [0.05, 0.1) is 16.6 Å². The van der Waals surface area contributed by atoms with Gasteiger partial charge in [-0.05, 0) is 31.4 Å². The molecule has 0 unspecified atom stereocenters. The molecule has 1 aromatic carbocycles. The predicted octanol–water partition coefficient (Wildman–Crippen LogP) is 2.24. The van der Waals surface area contributed by atoms with Crippen molar-refractivity contribution < 1.29 is 14.4 Å². The van der Waals surface area contributed by atoms with Gasteiger partial charge in [-0.15, -0.1) is 0 Å². The lowest BCUT2D eigenvalue weighted by atomic mass is 9.95.